The molecule has 1 unspecified atom stereocenters. The van der Waals surface area contributed by atoms with Gasteiger partial charge in [-0.1, -0.05) is 12.1 Å². The van der Waals surface area contributed by atoms with Crippen LogP contribution >= 0.6 is 0 Å². The summed E-state index contributed by atoms with van der Waals surface area (Å²) in [7, 11) is 3.95. The summed E-state index contributed by atoms with van der Waals surface area (Å²) in [5.74, 6) is 3.39. The van der Waals surface area contributed by atoms with E-state index in [0.29, 0.717) is 6.61 Å². The van der Waals surface area contributed by atoms with Crippen LogP contribution in [0.3, 0.4) is 0 Å². The lowest BCUT2D eigenvalue weighted by Gasteiger charge is -2.26. The predicted molar refractivity (Wildman–Crippen MR) is 81.0 cm³/mol. The van der Waals surface area contributed by atoms with E-state index in [2.05, 4.69) is 9.97 Å². The Balaban J connectivity index is 1.60. The Morgan fingerprint density at radius 1 is 1.19 bits per heavy atom. The topological polar surface area (TPSA) is 47.5 Å². The van der Waals surface area contributed by atoms with Crippen LogP contribution in [-0.4, -0.2) is 36.8 Å². The number of fused-ring (bicyclic) bond motifs is 1. The first-order valence-corrected chi connectivity index (χ1v) is 7.10. The molecule has 0 fully saturated rings. The summed E-state index contributed by atoms with van der Waals surface area (Å²) < 4.78 is 11.7. The van der Waals surface area contributed by atoms with Crippen molar-refractivity contribution < 1.29 is 9.47 Å². The fourth-order valence-electron chi connectivity index (χ4n) is 2.25. The molecule has 0 saturated heterocycles. The van der Waals surface area contributed by atoms with Gasteiger partial charge in [0, 0.05) is 26.7 Å². The first-order chi connectivity index (χ1) is 10.2. The molecule has 1 atom stereocenters. The molecule has 1 aliphatic rings. The average molecular weight is 285 g/mol. The fraction of sp³-hybridized carbons (Fsp3) is 0.375. The number of nitrogens with zero attached hydrogens (tertiary/aromatic N) is 3. The van der Waals surface area contributed by atoms with E-state index in [1.807, 2.05) is 49.3 Å². The Labute approximate surface area is 124 Å². The van der Waals surface area contributed by atoms with Gasteiger partial charge >= 0.3 is 0 Å². The molecule has 5 nitrogen and oxygen atoms in total. The van der Waals surface area contributed by atoms with Crippen LogP contribution in [0, 0.1) is 0 Å². The van der Waals surface area contributed by atoms with Crippen molar-refractivity contribution in [3.8, 4) is 11.5 Å². The summed E-state index contributed by atoms with van der Waals surface area (Å²) in [4.78, 5) is 10.8. The highest BCUT2D eigenvalue weighted by Gasteiger charge is 2.20. The van der Waals surface area contributed by atoms with Gasteiger partial charge < -0.3 is 14.4 Å². The van der Waals surface area contributed by atoms with Crippen molar-refractivity contribution in [2.75, 3.05) is 25.6 Å². The standard InChI is InChI=1S/C16H19N3O2/c1-19(2)16-9-10-17-15(18-16)8-7-12-11-20-13-5-3-4-6-14(13)21-12/h3-6,9-10,12H,7-8,11H2,1-2H3. The van der Waals surface area contributed by atoms with E-state index in [0.717, 1.165) is 36.0 Å². The van der Waals surface area contributed by atoms with Gasteiger partial charge in [-0.15, -0.1) is 0 Å². The third-order valence-electron chi connectivity index (χ3n) is 3.41. The van der Waals surface area contributed by atoms with Crippen molar-refractivity contribution in [3.05, 3.63) is 42.4 Å². The van der Waals surface area contributed by atoms with Crippen molar-refractivity contribution in [3.63, 3.8) is 0 Å². The van der Waals surface area contributed by atoms with Gasteiger partial charge in [-0.2, -0.15) is 0 Å². The number of rotatable bonds is 4. The van der Waals surface area contributed by atoms with Crippen molar-refractivity contribution in [1.29, 1.82) is 0 Å². The zero-order valence-electron chi connectivity index (χ0n) is 12.3. The molecule has 1 aliphatic heterocycles. The second-order valence-electron chi connectivity index (χ2n) is 5.26. The van der Waals surface area contributed by atoms with E-state index < -0.39 is 0 Å². The third kappa shape index (κ3) is 3.24. The third-order valence-corrected chi connectivity index (χ3v) is 3.41. The van der Waals surface area contributed by atoms with E-state index in [1.165, 1.54) is 0 Å². The lowest BCUT2D eigenvalue weighted by Crippen LogP contribution is -2.29. The monoisotopic (exact) mass is 285 g/mol. The summed E-state index contributed by atoms with van der Waals surface area (Å²) in [6.07, 6.45) is 3.46. The number of benzene rings is 1. The number of para-hydroxylation sites is 2. The summed E-state index contributed by atoms with van der Waals surface area (Å²) >= 11 is 0. The lowest BCUT2D eigenvalue weighted by atomic mass is 10.1. The van der Waals surface area contributed by atoms with Crippen LogP contribution in [-0.2, 0) is 6.42 Å². The smallest absolute Gasteiger partial charge is 0.161 e. The van der Waals surface area contributed by atoms with Gasteiger partial charge in [-0.25, -0.2) is 9.97 Å². The number of hydrogen-bond acceptors (Lipinski definition) is 5. The van der Waals surface area contributed by atoms with E-state index in [9.17, 15) is 0 Å². The quantitative estimate of drug-likeness (QED) is 0.862. The minimum Gasteiger partial charge on any atom is -0.486 e. The molecule has 2 heterocycles. The maximum atomic E-state index is 5.94. The molecule has 0 N–H and O–H groups in total. The second kappa shape index (κ2) is 5.99. The highest BCUT2D eigenvalue weighted by atomic mass is 16.6. The highest BCUT2D eigenvalue weighted by Crippen LogP contribution is 2.31. The molecule has 1 aromatic heterocycles. The van der Waals surface area contributed by atoms with E-state index in [-0.39, 0.29) is 6.10 Å². The van der Waals surface area contributed by atoms with Gasteiger partial charge in [0.25, 0.3) is 0 Å². The summed E-state index contributed by atoms with van der Waals surface area (Å²) in [5, 5.41) is 0. The van der Waals surface area contributed by atoms with Gasteiger partial charge in [0.2, 0.25) is 0 Å². The van der Waals surface area contributed by atoms with Crippen LogP contribution in [0.15, 0.2) is 36.5 Å². The van der Waals surface area contributed by atoms with E-state index in [4.69, 9.17) is 9.47 Å². The number of hydrogen-bond donors (Lipinski definition) is 0. The Hall–Kier alpha value is -2.30. The van der Waals surface area contributed by atoms with Crippen molar-refractivity contribution in [1.82, 2.24) is 9.97 Å². The lowest BCUT2D eigenvalue weighted by molar-refractivity contribution is 0.0847. The summed E-state index contributed by atoms with van der Waals surface area (Å²) in [6.45, 7) is 0.574. The molecule has 0 saturated carbocycles. The van der Waals surface area contributed by atoms with Crippen molar-refractivity contribution in [2.45, 2.75) is 18.9 Å². The molecule has 1 aromatic carbocycles. The number of aromatic nitrogens is 2. The summed E-state index contributed by atoms with van der Waals surface area (Å²) in [5.41, 5.74) is 0. The molecule has 0 spiro atoms. The van der Waals surface area contributed by atoms with Crippen molar-refractivity contribution >= 4 is 5.82 Å². The molecule has 0 amide bonds. The molecule has 110 valence electrons. The Bertz CT molecular complexity index is 616. The minimum absolute atomic E-state index is 0.0477. The maximum Gasteiger partial charge on any atom is 0.161 e. The molecule has 3 rings (SSSR count). The zero-order valence-corrected chi connectivity index (χ0v) is 12.3. The fourth-order valence-corrected chi connectivity index (χ4v) is 2.25. The number of anilines is 1. The Morgan fingerprint density at radius 2 is 2.00 bits per heavy atom. The first-order valence-electron chi connectivity index (χ1n) is 7.10. The molecule has 2 aromatic rings. The SMILES string of the molecule is CN(C)c1ccnc(CCC2COc3ccccc3O2)n1. The molecule has 0 aliphatic carbocycles. The predicted octanol–water partition coefficient (Wildman–Crippen LogP) is 2.32. The molecule has 0 radical (unpaired) electrons. The molecule has 5 heteroatoms. The molecule has 0 bridgehead atoms. The minimum atomic E-state index is 0.0477. The average Bonchev–Trinajstić information content (AvgIpc) is 2.53. The normalized spacial score (nSPS) is 16.6. The zero-order chi connectivity index (χ0) is 14.7. The van der Waals surface area contributed by atoms with Gasteiger partial charge in [0.15, 0.2) is 11.5 Å². The van der Waals surface area contributed by atoms with Gasteiger partial charge in [0.1, 0.15) is 24.4 Å². The van der Waals surface area contributed by atoms with Gasteiger partial charge in [0.05, 0.1) is 0 Å². The molecular weight excluding hydrogens is 266 g/mol. The maximum absolute atomic E-state index is 5.94. The number of aryl methyl sites for hydroxylation is 1. The van der Waals surface area contributed by atoms with Crippen LogP contribution < -0.4 is 14.4 Å². The van der Waals surface area contributed by atoms with Gasteiger partial charge in [-0.05, 0) is 24.6 Å². The van der Waals surface area contributed by atoms with E-state index >= 15 is 0 Å². The summed E-state index contributed by atoms with van der Waals surface area (Å²) in [6, 6.07) is 9.66. The van der Waals surface area contributed by atoms with Crippen LogP contribution in [0.5, 0.6) is 11.5 Å². The van der Waals surface area contributed by atoms with Crippen LogP contribution in [0.4, 0.5) is 5.82 Å². The Morgan fingerprint density at radius 3 is 2.81 bits per heavy atom. The molecule has 21 heavy (non-hydrogen) atoms. The van der Waals surface area contributed by atoms with Crippen molar-refractivity contribution in [2.24, 2.45) is 0 Å². The van der Waals surface area contributed by atoms with Crippen LogP contribution in [0.1, 0.15) is 12.2 Å². The Kier molecular flexibility index (Phi) is 3.90. The largest absolute Gasteiger partial charge is 0.486 e. The van der Waals surface area contributed by atoms with Crippen LogP contribution in [0.25, 0.3) is 0 Å². The number of ether oxygens (including phenoxy) is 2. The molecular formula is C16H19N3O2. The first kappa shape index (κ1) is 13.7. The van der Waals surface area contributed by atoms with Gasteiger partial charge in [-0.3, -0.25) is 0 Å². The second-order valence-corrected chi connectivity index (χ2v) is 5.26. The van der Waals surface area contributed by atoms with Crippen LogP contribution in [0.2, 0.25) is 0 Å². The highest BCUT2D eigenvalue weighted by molar-refractivity contribution is 5.40. The van der Waals surface area contributed by atoms with E-state index in [1.54, 1.807) is 6.20 Å².